The van der Waals surface area contributed by atoms with Crippen LogP contribution in [-0.2, 0) is 29.2 Å². The van der Waals surface area contributed by atoms with E-state index >= 15 is 0 Å². The Morgan fingerprint density at radius 2 is 1.84 bits per heavy atom. The van der Waals surface area contributed by atoms with E-state index in [4.69, 9.17) is 18.4 Å². The maximum atomic E-state index is 11.4. The summed E-state index contributed by atoms with van der Waals surface area (Å²) in [5, 5.41) is 3.91. The molecular formula is C24H22N2O6. The summed E-state index contributed by atoms with van der Waals surface area (Å²) in [5.41, 5.74) is 2.39. The molecule has 0 aliphatic carbocycles. The van der Waals surface area contributed by atoms with Gasteiger partial charge in [0.25, 0.3) is 5.88 Å². The molecule has 4 rings (SSSR count). The average molecular weight is 434 g/mol. The van der Waals surface area contributed by atoms with Crippen molar-refractivity contribution in [3.8, 4) is 23.1 Å². The zero-order valence-corrected chi connectivity index (χ0v) is 17.7. The normalized spacial score (nSPS) is 10.7. The fraction of sp³-hybridized carbons (Fsp3) is 0.208. The molecule has 0 aliphatic rings. The van der Waals surface area contributed by atoms with Crippen LogP contribution in [0.2, 0.25) is 0 Å². The van der Waals surface area contributed by atoms with Crippen molar-refractivity contribution in [2.24, 2.45) is 0 Å². The molecular weight excluding hydrogens is 412 g/mol. The molecule has 164 valence electrons. The van der Waals surface area contributed by atoms with Crippen molar-refractivity contribution in [3.63, 3.8) is 0 Å². The number of ether oxygens (including phenoxy) is 3. The first-order valence-corrected chi connectivity index (χ1v) is 9.99. The summed E-state index contributed by atoms with van der Waals surface area (Å²) >= 11 is 0. The van der Waals surface area contributed by atoms with Crippen molar-refractivity contribution < 1.29 is 27.9 Å². The number of aromatic nitrogens is 2. The van der Waals surface area contributed by atoms with Crippen molar-refractivity contribution in [2.75, 3.05) is 7.11 Å². The first kappa shape index (κ1) is 21.2. The van der Waals surface area contributed by atoms with Crippen LogP contribution < -0.4 is 9.47 Å². The van der Waals surface area contributed by atoms with Gasteiger partial charge in [0.2, 0.25) is 5.89 Å². The summed E-state index contributed by atoms with van der Waals surface area (Å²) in [6.07, 6.45) is 0.182. The molecule has 0 saturated heterocycles. The van der Waals surface area contributed by atoms with Crippen molar-refractivity contribution >= 4 is 5.97 Å². The summed E-state index contributed by atoms with van der Waals surface area (Å²) in [6.45, 7) is 2.21. The Kier molecular flexibility index (Phi) is 6.50. The van der Waals surface area contributed by atoms with Gasteiger partial charge in [-0.3, -0.25) is 4.79 Å². The van der Waals surface area contributed by atoms with Gasteiger partial charge in [-0.25, -0.2) is 4.98 Å². The fourth-order valence-corrected chi connectivity index (χ4v) is 2.98. The van der Waals surface area contributed by atoms with Gasteiger partial charge in [-0.1, -0.05) is 30.3 Å². The third-order valence-electron chi connectivity index (χ3n) is 4.66. The van der Waals surface area contributed by atoms with Gasteiger partial charge in [0, 0.05) is 11.6 Å². The van der Waals surface area contributed by atoms with Crippen LogP contribution in [0.1, 0.15) is 22.8 Å². The Morgan fingerprint density at radius 3 is 2.66 bits per heavy atom. The first-order valence-electron chi connectivity index (χ1n) is 9.99. The van der Waals surface area contributed by atoms with E-state index in [0.29, 0.717) is 34.7 Å². The topological polar surface area (TPSA) is 96.8 Å². The lowest BCUT2D eigenvalue weighted by Crippen LogP contribution is -2.04. The Bertz CT molecular complexity index is 1180. The largest absolute Gasteiger partial charge is 0.486 e. The fourth-order valence-electron chi connectivity index (χ4n) is 2.98. The van der Waals surface area contributed by atoms with Gasteiger partial charge in [-0.05, 0) is 41.9 Å². The number of benzene rings is 2. The second kappa shape index (κ2) is 9.82. The monoisotopic (exact) mass is 434 g/mol. The number of nitrogens with zero attached hydrogens (tertiary/aromatic N) is 2. The van der Waals surface area contributed by atoms with Crippen LogP contribution in [0.25, 0.3) is 11.5 Å². The van der Waals surface area contributed by atoms with Gasteiger partial charge in [0.05, 0.1) is 13.5 Å². The number of hydrogen-bond donors (Lipinski definition) is 0. The van der Waals surface area contributed by atoms with Gasteiger partial charge < -0.3 is 23.2 Å². The molecule has 8 heteroatoms. The lowest BCUT2D eigenvalue weighted by atomic mass is 10.1. The molecule has 2 aromatic heterocycles. The minimum Gasteiger partial charge on any atom is -0.486 e. The molecule has 0 saturated carbocycles. The van der Waals surface area contributed by atoms with Crippen LogP contribution in [0.5, 0.6) is 11.6 Å². The molecule has 2 aromatic carbocycles. The summed E-state index contributed by atoms with van der Waals surface area (Å²) < 4.78 is 27.1. The molecule has 0 N–H and O–H groups in total. The highest BCUT2D eigenvalue weighted by molar-refractivity contribution is 5.72. The maximum Gasteiger partial charge on any atom is 0.309 e. The number of esters is 1. The molecule has 32 heavy (non-hydrogen) atoms. The lowest BCUT2D eigenvalue weighted by Gasteiger charge is -2.06. The molecule has 4 aromatic rings. The zero-order valence-electron chi connectivity index (χ0n) is 17.7. The molecule has 2 heterocycles. The van der Waals surface area contributed by atoms with E-state index in [1.807, 2.05) is 49.4 Å². The number of carbonyl (C=O) groups excluding carboxylic acids is 1. The van der Waals surface area contributed by atoms with E-state index in [-0.39, 0.29) is 25.6 Å². The molecule has 0 bridgehead atoms. The van der Waals surface area contributed by atoms with Gasteiger partial charge in [-0.2, -0.15) is 0 Å². The smallest absolute Gasteiger partial charge is 0.309 e. The van der Waals surface area contributed by atoms with Gasteiger partial charge in [0.1, 0.15) is 30.4 Å². The van der Waals surface area contributed by atoms with E-state index in [1.54, 1.807) is 18.2 Å². The highest BCUT2D eigenvalue weighted by Gasteiger charge is 2.13. The van der Waals surface area contributed by atoms with Gasteiger partial charge in [0.15, 0.2) is 5.76 Å². The molecule has 0 atom stereocenters. The highest BCUT2D eigenvalue weighted by Crippen LogP contribution is 2.23. The summed E-state index contributed by atoms with van der Waals surface area (Å²) in [4.78, 5) is 15.9. The molecule has 8 nitrogen and oxygen atoms in total. The maximum absolute atomic E-state index is 11.4. The Morgan fingerprint density at radius 1 is 1.00 bits per heavy atom. The van der Waals surface area contributed by atoms with Crippen LogP contribution in [0.3, 0.4) is 0 Å². The lowest BCUT2D eigenvalue weighted by molar-refractivity contribution is -0.139. The Hall–Kier alpha value is -4.07. The number of rotatable bonds is 9. The van der Waals surface area contributed by atoms with E-state index in [1.165, 1.54) is 7.11 Å². The minimum absolute atomic E-state index is 0.166. The molecule has 0 radical (unpaired) electrons. The Balaban J connectivity index is 1.32. The summed E-state index contributed by atoms with van der Waals surface area (Å²) in [5.74, 6) is 2.36. The molecule has 0 amide bonds. The number of methoxy groups -OCH3 is 1. The van der Waals surface area contributed by atoms with Crippen LogP contribution in [0.4, 0.5) is 0 Å². The number of carbonyl (C=O) groups is 1. The van der Waals surface area contributed by atoms with Gasteiger partial charge >= 0.3 is 5.97 Å². The second-order valence-electron chi connectivity index (χ2n) is 7.00. The average Bonchev–Trinajstić information content (AvgIpc) is 3.43. The zero-order chi connectivity index (χ0) is 22.3. The van der Waals surface area contributed by atoms with Crippen LogP contribution in [0, 0.1) is 6.92 Å². The van der Waals surface area contributed by atoms with Crippen LogP contribution >= 0.6 is 0 Å². The van der Waals surface area contributed by atoms with Crippen molar-refractivity contribution in [2.45, 2.75) is 26.6 Å². The van der Waals surface area contributed by atoms with E-state index in [0.717, 1.165) is 11.1 Å². The molecule has 0 spiro atoms. The number of oxazole rings is 1. The number of hydrogen-bond acceptors (Lipinski definition) is 8. The molecule has 0 fully saturated rings. The molecule has 0 unspecified atom stereocenters. The quantitative estimate of drug-likeness (QED) is 0.355. The van der Waals surface area contributed by atoms with E-state index in [2.05, 4.69) is 14.9 Å². The van der Waals surface area contributed by atoms with E-state index < -0.39 is 0 Å². The molecule has 0 aliphatic heterocycles. The second-order valence-corrected chi connectivity index (χ2v) is 7.00. The van der Waals surface area contributed by atoms with Crippen LogP contribution in [0.15, 0.2) is 69.6 Å². The predicted octanol–water partition coefficient (Wildman–Crippen LogP) is 4.51. The predicted molar refractivity (Wildman–Crippen MR) is 114 cm³/mol. The minimum atomic E-state index is -0.308. The van der Waals surface area contributed by atoms with Crippen molar-refractivity contribution in [1.29, 1.82) is 0 Å². The standard InChI is InChI=1S/C24H22N2O6/c1-16-21(25-24(31-16)18-8-4-3-5-9-18)15-30-22-13-20(32-26-22)14-29-19-10-6-7-17(11-19)12-23(27)28-2/h3-11,13H,12,14-15H2,1-2H3. The Labute approximate surface area is 184 Å². The van der Waals surface area contributed by atoms with Crippen LogP contribution in [-0.4, -0.2) is 23.2 Å². The van der Waals surface area contributed by atoms with Crippen molar-refractivity contribution in [3.05, 3.63) is 83.4 Å². The van der Waals surface area contributed by atoms with E-state index in [9.17, 15) is 4.79 Å². The first-order chi connectivity index (χ1) is 15.6. The van der Waals surface area contributed by atoms with Gasteiger partial charge in [-0.15, -0.1) is 0 Å². The highest BCUT2D eigenvalue weighted by atomic mass is 16.5. The third kappa shape index (κ3) is 5.34. The number of aryl methyl sites for hydroxylation is 1. The summed E-state index contributed by atoms with van der Waals surface area (Å²) in [7, 11) is 1.36. The van der Waals surface area contributed by atoms with Crippen molar-refractivity contribution in [1.82, 2.24) is 10.1 Å². The summed E-state index contributed by atoms with van der Waals surface area (Å²) in [6, 6.07) is 18.6. The SMILES string of the molecule is COC(=O)Cc1cccc(OCc2cc(OCc3nc(-c4ccccc4)oc3C)no2)c1. The third-order valence-corrected chi connectivity index (χ3v) is 4.66.